The maximum atomic E-state index is 12.9. The lowest BCUT2D eigenvalue weighted by Crippen LogP contribution is -2.38. The van der Waals surface area contributed by atoms with E-state index in [2.05, 4.69) is 10.8 Å². The van der Waals surface area contributed by atoms with Gasteiger partial charge in [-0.05, 0) is 54.7 Å². The first-order chi connectivity index (χ1) is 10.0. The van der Waals surface area contributed by atoms with Gasteiger partial charge in [-0.15, -0.1) is 0 Å². The van der Waals surface area contributed by atoms with Crippen LogP contribution in [0.15, 0.2) is 53.4 Å². The third-order valence-corrected chi connectivity index (χ3v) is 5.33. The molecule has 0 radical (unpaired) electrons. The minimum absolute atomic E-state index is 0.0998. The summed E-state index contributed by atoms with van der Waals surface area (Å²) in [7, 11) is -3.60. The molecule has 1 atom stereocenters. The zero-order chi connectivity index (χ0) is 14.9. The van der Waals surface area contributed by atoms with Gasteiger partial charge in [0.25, 0.3) is 0 Å². The van der Waals surface area contributed by atoms with Crippen molar-refractivity contribution in [2.24, 2.45) is 0 Å². The number of sulfonamides is 1. The van der Waals surface area contributed by atoms with Crippen LogP contribution in [0.2, 0.25) is 0 Å². The lowest BCUT2D eigenvalue weighted by Gasteiger charge is -2.25. The molecule has 110 valence electrons. The molecular formula is C16H16FNO2S. The van der Waals surface area contributed by atoms with E-state index in [4.69, 9.17) is 0 Å². The number of fused-ring (bicyclic) bond motifs is 1. The van der Waals surface area contributed by atoms with E-state index in [1.165, 1.54) is 23.3 Å². The van der Waals surface area contributed by atoms with Crippen molar-refractivity contribution in [1.82, 2.24) is 4.72 Å². The third-order valence-electron chi connectivity index (χ3n) is 3.79. The van der Waals surface area contributed by atoms with Gasteiger partial charge in [0.15, 0.2) is 0 Å². The Kier molecular flexibility index (Phi) is 3.78. The summed E-state index contributed by atoms with van der Waals surface area (Å²) >= 11 is 0. The van der Waals surface area contributed by atoms with Gasteiger partial charge in [0.2, 0.25) is 10.0 Å². The first-order valence-corrected chi connectivity index (χ1v) is 8.37. The predicted molar refractivity (Wildman–Crippen MR) is 79.0 cm³/mol. The highest BCUT2D eigenvalue weighted by atomic mass is 32.2. The Morgan fingerprint density at radius 3 is 2.38 bits per heavy atom. The van der Waals surface area contributed by atoms with Crippen LogP contribution in [0.3, 0.4) is 0 Å². The number of aryl methyl sites for hydroxylation is 1. The van der Waals surface area contributed by atoms with Crippen molar-refractivity contribution in [3.8, 4) is 0 Å². The molecule has 0 aliphatic heterocycles. The largest absolute Gasteiger partial charge is 0.240 e. The molecule has 0 amide bonds. The molecule has 5 heteroatoms. The number of rotatable bonds is 3. The number of nitrogens with one attached hydrogen (secondary N) is 1. The summed E-state index contributed by atoms with van der Waals surface area (Å²) in [5.74, 6) is -0.444. The molecule has 3 nitrogen and oxygen atoms in total. The molecule has 1 unspecified atom stereocenters. The lowest BCUT2D eigenvalue weighted by atomic mass is 9.89. The second-order valence-corrected chi connectivity index (χ2v) is 7.00. The van der Waals surface area contributed by atoms with E-state index in [-0.39, 0.29) is 10.9 Å². The molecule has 2 aromatic rings. The van der Waals surface area contributed by atoms with E-state index in [1.807, 2.05) is 18.2 Å². The van der Waals surface area contributed by atoms with E-state index >= 15 is 0 Å². The molecule has 2 aromatic carbocycles. The van der Waals surface area contributed by atoms with Crippen LogP contribution in [0.25, 0.3) is 0 Å². The number of hydrogen-bond donors (Lipinski definition) is 1. The summed E-state index contributed by atoms with van der Waals surface area (Å²) in [5, 5.41) is 0. The molecule has 1 aliphatic carbocycles. The Morgan fingerprint density at radius 2 is 1.67 bits per heavy atom. The molecule has 0 saturated heterocycles. The molecular weight excluding hydrogens is 289 g/mol. The van der Waals surface area contributed by atoms with Crippen LogP contribution in [-0.4, -0.2) is 14.5 Å². The maximum absolute atomic E-state index is 12.9. The van der Waals surface area contributed by atoms with Crippen molar-refractivity contribution in [2.75, 3.05) is 0 Å². The highest BCUT2D eigenvalue weighted by Gasteiger charge is 2.24. The predicted octanol–water partition coefficient (Wildman–Crippen LogP) is 2.66. The number of halogens is 1. The van der Waals surface area contributed by atoms with Crippen LogP contribution in [0.4, 0.5) is 4.39 Å². The summed E-state index contributed by atoms with van der Waals surface area (Å²) in [5.41, 5.74) is 2.48. The van der Waals surface area contributed by atoms with Crippen molar-refractivity contribution in [3.05, 3.63) is 65.5 Å². The molecule has 0 aromatic heterocycles. The second kappa shape index (κ2) is 5.58. The Hall–Kier alpha value is -1.72. The van der Waals surface area contributed by atoms with Crippen LogP contribution >= 0.6 is 0 Å². The fourth-order valence-electron chi connectivity index (χ4n) is 2.70. The first kappa shape index (κ1) is 14.2. The fourth-order valence-corrected chi connectivity index (χ4v) is 3.97. The minimum Gasteiger partial charge on any atom is -0.208 e. The Bertz CT molecular complexity index is 741. The van der Waals surface area contributed by atoms with Gasteiger partial charge in [-0.1, -0.05) is 24.3 Å². The molecule has 1 N–H and O–H groups in total. The fraction of sp³-hybridized carbons (Fsp3) is 0.250. The highest BCUT2D eigenvalue weighted by Crippen LogP contribution is 2.22. The molecule has 0 heterocycles. The van der Waals surface area contributed by atoms with Crippen molar-refractivity contribution < 1.29 is 12.8 Å². The quantitative estimate of drug-likeness (QED) is 0.947. The average Bonchev–Trinajstić information content (AvgIpc) is 2.47. The summed E-state index contributed by atoms with van der Waals surface area (Å²) in [6.07, 6.45) is 2.33. The van der Waals surface area contributed by atoms with E-state index in [0.29, 0.717) is 6.42 Å². The lowest BCUT2D eigenvalue weighted by molar-refractivity contribution is 0.507. The smallest absolute Gasteiger partial charge is 0.208 e. The monoisotopic (exact) mass is 305 g/mol. The first-order valence-electron chi connectivity index (χ1n) is 6.89. The molecule has 0 spiro atoms. The van der Waals surface area contributed by atoms with E-state index in [1.54, 1.807) is 0 Å². The van der Waals surface area contributed by atoms with Crippen molar-refractivity contribution >= 4 is 10.0 Å². The van der Waals surface area contributed by atoms with Crippen LogP contribution in [-0.2, 0) is 22.9 Å². The zero-order valence-electron chi connectivity index (χ0n) is 11.4. The molecule has 1 aliphatic rings. The van der Waals surface area contributed by atoms with E-state index in [0.717, 1.165) is 25.0 Å². The number of hydrogen-bond acceptors (Lipinski definition) is 2. The minimum atomic E-state index is -3.60. The Labute approximate surface area is 123 Å². The van der Waals surface area contributed by atoms with Crippen LogP contribution in [0.1, 0.15) is 17.5 Å². The van der Waals surface area contributed by atoms with Crippen molar-refractivity contribution in [1.29, 1.82) is 0 Å². The standard InChI is InChI=1S/C16H16FNO2S/c17-14-6-9-16(10-7-14)21(19,20)18-15-8-5-12-3-1-2-4-13(12)11-15/h1-4,6-7,9-10,15,18H,5,8,11H2. The van der Waals surface area contributed by atoms with Gasteiger partial charge in [-0.3, -0.25) is 0 Å². The highest BCUT2D eigenvalue weighted by molar-refractivity contribution is 7.89. The maximum Gasteiger partial charge on any atom is 0.240 e. The van der Waals surface area contributed by atoms with Crippen molar-refractivity contribution in [2.45, 2.75) is 30.2 Å². The van der Waals surface area contributed by atoms with E-state index in [9.17, 15) is 12.8 Å². The van der Waals surface area contributed by atoms with Gasteiger partial charge in [0.1, 0.15) is 5.82 Å². The van der Waals surface area contributed by atoms with Gasteiger partial charge < -0.3 is 0 Å². The third kappa shape index (κ3) is 3.14. The molecule has 0 saturated carbocycles. The van der Waals surface area contributed by atoms with Gasteiger partial charge in [-0.25, -0.2) is 17.5 Å². The zero-order valence-corrected chi connectivity index (χ0v) is 12.2. The summed E-state index contributed by atoms with van der Waals surface area (Å²) in [4.78, 5) is 0.0998. The summed E-state index contributed by atoms with van der Waals surface area (Å²) < 4.78 is 40.2. The van der Waals surface area contributed by atoms with Gasteiger partial charge >= 0.3 is 0 Å². The number of benzene rings is 2. The average molecular weight is 305 g/mol. The normalized spacial score (nSPS) is 18.2. The van der Waals surface area contributed by atoms with E-state index < -0.39 is 15.8 Å². The van der Waals surface area contributed by atoms with Crippen LogP contribution in [0, 0.1) is 5.82 Å². The van der Waals surface area contributed by atoms with Gasteiger partial charge in [0.05, 0.1) is 4.90 Å². The molecule has 0 bridgehead atoms. The molecule has 21 heavy (non-hydrogen) atoms. The van der Waals surface area contributed by atoms with Gasteiger partial charge in [-0.2, -0.15) is 0 Å². The van der Waals surface area contributed by atoms with Crippen molar-refractivity contribution in [3.63, 3.8) is 0 Å². The Balaban J connectivity index is 1.77. The van der Waals surface area contributed by atoms with Crippen LogP contribution < -0.4 is 4.72 Å². The molecule has 0 fully saturated rings. The molecule has 3 rings (SSSR count). The summed E-state index contributed by atoms with van der Waals surface area (Å²) in [6, 6.07) is 12.9. The topological polar surface area (TPSA) is 46.2 Å². The van der Waals surface area contributed by atoms with Crippen LogP contribution in [0.5, 0.6) is 0 Å². The van der Waals surface area contributed by atoms with Gasteiger partial charge in [0, 0.05) is 6.04 Å². The second-order valence-electron chi connectivity index (χ2n) is 5.28. The summed E-state index contributed by atoms with van der Waals surface area (Å²) in [6.45, 7) is 0. The SMILES string of the molecule is O=S(=O)(NC1CCc2ccccc2C1)c1ccc(F)cc1. The Morgan fingerprint density at radius 1 is 1.00 bits per heavy atom.